The third kappa shape index (κ3) is 1.76. The first-order valence-electron chi connectivity index (χ1n) is 5.50. The Kier molecular flexibility index (Phi) is 2.48. The Morgan fingerprint density at radius 1 is 1.53 bits per heavy atom. The fourth-order valence-corrected chi connectivity index (χ4v) is 2.27. The number of aryl methyl sites for hydroxylation is 1. The van der Waals surface area contributed by atoms with Gasteiger partial charge in [-0.3, -0.25) is 14.7 Å². The van der Waals surface area contributed by atoms with Crippen molar-refractivity contribution < 1.29 is 0 Å². The van der Waals surface area contributed by atoms with Crippen molar-refractivity contribution in [2.75, 3.05) is 13.1 Å². The van der Waals surface area contributed by atoms with Crippen molar-refractivity contribution in [2.45, 2.75) is 13.5 Å². The second kappa shape index (κ2) is 4.00. The molecular weight excluding hydrogens is 238 g/mol. The normalized spacial score (nSPS) is 15.1. The van der Waals surface area contributed by atoms with Gasteiger partial charge >= 0.3 is 0 Å². The van der Waals surface area contributed by atoms with Gasteiger partial charge in [-0.25, -0.2) is 0 Å². The molecule has 0 aromatic carbocycles. The second-order valence-electron chi connectivity index (χ2n) is 4.03. The Morgan fingerprint density at radius 3 is 3.18 bits per heavy atom. The van der Waals surface area contributed by atoms with Crippen LogP contribution >= 0.6 is 11.6 Å². The number of aromatic nitrogens is 3. The van der Waals surface area contributed by atoms with E-state index in [9.17, 15) is 0 Å². The number of hydrogen-bond donors (Lipinski definition) is 1. The van der Waals surface area contributed by atoms with Gasteiger partial charge in [0.05, 0.1) is 18.6 Å². The smallest absolute Gasteiger partial charge is 0.177 e. The van der Waals surface area contributed by atoms with Crippen LogP contribution in [-0.4, -0.2) is 33.7 Å². The van der Waals surface area contributed by atoms with Gasteiger partial charge in [-0.05, 0) is 18.6 Å². The molecule has 17 heavy (non-hydrogen) atoms. The maximum atomic E-state index is 6.08. The fraction of sp³-hybridized carbons (Fsp3) is 0.364. The van der Waals surface area contributed by atoms with Gasteiger partial charge in [-0.2, -0.15) is 5.10 Å². The number of halogens is 1. The van der Waals surface area contributed by atoms with Gasteiger partial charge in [0, 0.05) is 12.7 Å². The Bertz CT molecular complexity index is 601. The first-order chi connectivity index (χ1) is 8.25. The zero-order chi connectivity index (χ0) is 11.8. The van der Waals surface area contributed by atoms with E-state index in [0.717, 1.165) is 35.5 Å². The molecule has 2 aromatic rings. The van der Waals surface area contributed by atoms with Gasteiger partial charge < -0.3 is 5.32 Å². The van der Waals surface area contributed by atoms with E-state index in [2.05, 4.69) is 20.4 Å². The highest BCUT2D eigenvalue weighted by Crippen LogP contribution is 2.23. The van der Waals surface area contributed by atoms with Crippen LogP contribution in [-0.2, 0) is 6.54 Å². The number of nitrogens with one attached hydrogen (secondary N) is 1. The molecule has 5 nitrogen and oxygen atoms in total. The second-order valence-corrected chi connectivity index (χ2v) is 4.39. The maximum absolute atomic E-state index is 6.08. The predicted octanol–water partition coefficient (Wildman–Crippen LogP) is 1.39. The number of hydrogen-bond acceptors (Lipinski definition) is 4. The summed E-state index contributed by atoms with van der Waals surface area (Å²) >= 11 is 6.08. The van der Waals surface area contributed by atoms with Crippen LogP contribution in [0.1, 0.15) is 5.56 Å². The summed E-state index contributed by atoms with van der Waals surface area (Å²) in [4.78, 5) is 8.62. The van der Waals surface area contributed by atoms with Gasteiger partial charge in [0.2, 0.25) is 0 Å². The molecule has 1 aliphatic rings. The van der Waals surface area contributed by atoms with Crippen LogP contribution in [0, 0.1) is 6.92 Å². The van der Waals surface area contributed by atoms with E-state index in [1.54, 1.807) is 6.20 Å². The summed E-state index contributed by atoms with van der Waals surface area (Å²) < 4.78 is 1.86. The van der Waals surface area contributed by atoms with Crippen LogP contribution in [0.15, 0.2) is 17.3 Å². The molecular formula is C11H12ClN5. The molecule has 0 atom stereocenters. The summed E-state index contributed by atoms with van der Waals surface area (Å²) in [5.41, 5.74) is 2.85. The molecule has 88 valence electrons. The molecule has 0 spiro atoms. The molecule has 0 fully saturated rings. The van der Waals surface area contributed by atoms with Gasteiger partial charge in [-0.15, -0.1) is 0 Å². The largest absolute Gasteiger partial charge is 0.370 e. The van der Waals surface area contributed by atoms with Crippen LogP contribution in [0.5, 0.6) is 0 Å². The van der Waals surface area contributed by atoms with Crippen molar-refractivity contribution in [3.8, 4) is 0 Å². The Balaban J connectivity index is 2.09. The maximum Gasteiger partial charge on any atom is 0.177 e. The van der Waals surface area contributed by atoms with Gasteiger partial charge in [0.1, 0.15) is 11.4 Å². The predicted molar refractivity (Wildman–Crippen MR) is 67.6 cm³/mol. The molecule has 6 heteroatoms. The number of pyridine rings is 1. The molecule has 0 radical (unpaired) electrons. The lowest BCUT2D eigenvalue weighted by molar-refractivity contribution is 0.737. The third-order valence-corrected chi connectivity index (χ3v) is 3.09. The molecule has 0 saturated carbocycles. The first-order valence-corrected chi connectivity index (χ1v) is 5.88. The minimum absolute atomic E-state index is 0.447. The van der Waals surface area contributed by atoms with Crippen molar-refractivity contribution in [3.63, 3.8) is 0 Å². The van der Waals surface area contributed by atoms with Crippen molar-refractivity contribution in [1.82, 2.24) is 20.1 Å². The number of rotatable bonds is 2. The summed E-state index contributed by atoms with van der Waals surface area (Å²) in [6.45, 7) is 4.39. The van der Waals surface area contributed by atoms with Crippen LogP contribution in [0.3, 0.4) is 0 Å². The monoisotopic (exact) mass is 249 g/mol. The molecule has 0 unspecified atom stereocenters. The molecule has 0 bridgehead atoms. The summed E-state index contributed by atoms with van der Waals surface area (Å²) in [7, 11) is 0. The number of amidine groups is 1. The standard InChI is InChI=1S/C11H12ClN5/c1-7-2-3-15-9-10(7)17(16-11(9)12)6-8-13-4-5-14-8/h2-3H,4-6H2,1H3,(H,13,14). The van der Waals surface area contributed by atoms with Crippen LogP contribution in [0.2, 0.25) is 5.15 Å². The molecule has 0 amide bonds. The average Bonchev–Trinajstić information content (AvgIpc) is 2.90. The van der Waals surface area contributed by atoms with E-state index in [-0.39, 0.29) is 0 Å². The highest BCUT2D eigenvalue weighted by Gasteiger charge is 2.14. The van der Waals surface area contributed by atoms with E-state index < -0.39 is 0 Å². The highest BCUT2D eigenvalue weighted by atomic mass is 35.5. The van der Waals surface area contributed by atoms with Crippen molar-refractivity contribution in [1.29, 1.82) is 0 Å². The lowest BCUT2D eigenvalue weighted by Crippen LogP contribution is -2.24. The van der Waals surface area contributed by atoms with Crippen molar-refractivity contribution in [2.24, 2.45) is 4.99 Å². The van der Waals surface area contributed by atoms with Crippen molar-refractivity contribution >= 4 is 28.5 Å². The first kappa shape index (κ1) is 10.5. The van der Waals surface area contributed by atoms with Gasteiger partial charge in [0.25, 0.3) is 0 Å². The lowest BCUT2D eigenvalue weighted by atomic mass is 10.2. The summed E-state index contributed by atoms with van der Waals surface area (Å²) in [5, 5.41) is 7.98. The summed E-state index contributed by atoms with van der Waals surface area (Å²) in [6.07, 6.45) is 1.75. The highest BCUT2D eigenvalue weighted by molar-refractivity contribution is 6.33. The Hall–Kier alpha value is -1.62. The zero-order valence-corrected chi connectivity index (χ0v) is 10.2. The third-order valence-electron chi connectivity index (χ3n) is 2.83. The average molecular weight is 250 g/mol. The minimum Gasteiger partial charge on any atom is -0.370 e. The van der Waals surface area contributed by atoms with E-state index in [0.29, 0.717) is 11.7 Å². The summed E-state index contributed by atoms with van der Waals surface area (Å²) in [6, 6.07) is 1.96. The number of fused-ring (bicyclic) bond motifs is 1. The van der Waals surface area contributed by atoms with E-state index in [1.165, 1.54) is 0 Å². The molecule has 2 aromatic heterocycles. The number of aliphatic imine (C=N–C) groups is 1. The minimum atomic E-state index is 0.447. The molecule has 3 heterocycles. The molecule has 1 N–H and O–H groups in total. The molecule has 1 aliphatic heterocycles. The topological polar surface area (TPSA) is 55.1 Å². The Labute approximate surface area is 104 Å². The molecule has 0 aliphatic carbocycles. The van der Waals surface area contributed by atoms with E-state index in [4.69, 9.17) is 11.6 Å². The number of nitrogens with zero attached hydrogens (tertiary/aromatic N) is 4. The van der Waals surface area contributed by atoms with Crippen molar-refractivity contribution in [3.05, 3.63) is 23.0 Å². The fourth-order valence-electron chi connectivity index (χ4n) is 2.04. The summed E-state index contributed by atoms with van der Waals surface area (Å²) in [5.74, 6) is 0.953. The zero-order valence-electron chi connectivity index (χ0n) is 9.44. The van der Waals surface area contributed by atoms with Crippen LogP contribution < -0.4 is 5.32 Å². The van der Waals surface area contributed by atoms with Crippen LogP contribution in [0.4, 0.5) is 0 Å². The molecule has 3 rings (SSSR count). The van der Waals surface area contributed by atoms with E-state index in [1.807, 2.05) is 17.7 Å². The molecule has 0 saturated heterocycles. The van der Waals surface area contributed by atoms with Gasteiger partial charge in [0.15, 0.2) is 5.15 Å². The lowest BCUT2D eigenvalue weighted by Gasteiger charge is -2.05. The quantitative estimate of drug-likeness (QED) is 0.875. The Morgan fingerprint density at radius 2 is 2.41 bits per heavy atom. The van der Waals surface area contributed by atoms with Crippen LogP contribution in [0.25, 0.3) is 11.0 Å². The SMILES string of the molecule is Cc1ccnc2c(Cl)nn(CC3=NCCN3)c12. The van der Waals surface area contributed by atoms with Gasteiger partial charge in [-0.1, -0.05) is 11.6 Å². The van der Waals surface area contributed by atoms with E-state index >= 15 is 0 Å².